The van der Waals surface area contributed by atoms with E-state index in [4.69, 9.17) is 9.84 Å². The summed E-state index contributed by atoms with van der Waals surface area (Å²) in [6, 6.07) is 19.6. The highest BCUT2D eigenvalue weighted by molar-refractivity contribution is 8.18. The van der Waals surface area contributed by atoms with Crippen molar-refractivity contribution in [3.05, 3.63) is 77.2 Å². The number of carboxylic acids is 1. The van der Waals surface area contributed by atoms with Crippen LogP contribution in [-0.4, -0.2) is 46.2 Å². The zero-order valence-corrected chi connectivity index (χ0v) is 18.0. The minimum Gasteiger partial charge on any atom is -0.481 e. The summed E-state index contributed by atoms with van der Waals surface area (Å²) in [6.45, 7) is -0.969. The van der Waals surface area contributed by atoms with E-state index in [0.717, 1.165) is 15.7 Å². The lowest BCUT2D eigenvalue weighted by Crippen LogP contribution is -2.36. The first-order chi connectivity index (χ1) is 15.9. The maximum Gasteiger partial charge on any atom is 0.341 e. The summed E-state index contributed by atoms with van der Waals surface area (Å²) in [5, 5.41) is 12.8. The number of nitrogens with zero attached hydrogens (tertiary/aromatic N) is 1. The van der Waals surface area contributed by atoms with Gasteiger partial charge in [0, 0.05) is 16.6 Å². The first-order valence-corrected chi connectivity index (χ1v) is 10.7. The number of carbonyl (C=O) groups excluding carboxylic acids is 3. The van der Waals surface area contributed by atoms with Gasteiger partial charge in [0.2, 0.25) is 5.91 Å². The molecule has 0 aliphatic carbocycles. The Bertz CT molecular complexity index is 1300. The van der Waals surface area contributed by atoms with Crippen LogP contribution < -0.4 is 10.1 Å². The molecule has 4 rings (SSSR count). The number of para-hydroxylation sites is 1. The molecular formula is C24H18N2O6S. The van der Waals surface area contributed by atoms with Crippen LogP contribution in [0.1, 0.15) is 5.56 Å². The maximum atomic E-state index is 12.8. The van der Waals surface area contributed by atoms with E-state index in [-0.39, 0.29) is 10.7 Å². The van der Waals surface area contributed by atoms with Gasteiger partial charge < -0.3 is 15.2 Å². The average molecular weight is 462 g/mol. The molecule has 1 aliphatic rings. The quantitative estimate of drug-likeness (QED) is 0.511. The van der Waals surface area contributed by atoms with Crippen LogP contribution in [0.25, 0.3) is 16.8 Å². The van der Waals surface area contributed by atoms with Crippen molar-refractivity contribution >= 4 is 57.3 Å². The van der Waals surface area contributed by atoms with E-state index in [1.54, 1.807) is 30.3 Å². The second kappa shape index (κ2) is 9.58. The standard InChI is InChI=1S/C24H18N2O6S/c27-21(25-18-10-5-8-15-6-1-3-9-17(15)18)13-26-23(30)20(33-24(26)31)12-16-7-2-4-11-19(16)32-14-22(28)29/h1-12H,13-14H2,(H,25,27)(H,28,29)/b20-12+. The third-order valence-electron chi connectivity index (χ3n) is 4.80. The Balaban J connectivity index is 1.49. The summed E-state index contributed by atoms with van der Waals surface area (Å²) in [6.07, 6.45) is 1.45. The summed E-state index contributed by atoms with van der Waals surface area (Å²) in [4.78, 5) is 49.6. The molecule has 1 saturated heterocycles. The number of thioether (sulfide) groups is 1. The molecule has 0 atom stereocenters. The molecule has 1 fully saturated rings. The number of aliphatic carboxylic acids is 1. The summed E-state index contributed by atoms with van der Waals surface area (Å²) < 4.78 is 5.24. The van der Waals surface area contributed by atoms with Crippen molar-refractivity contribution in [2.75, 3.05) is 18.5 Å². The predicted molar refractivity (Wildman–Crippen MR) is 125 cm³/mol. The van der Waals surface area contributed by atoms with E-state index in [0.29, 0.717) is 23.0 Å². The van der Waals surface area contributed by atoms with Gasteiger partial charge in [0.25, 0.3) is 11.1 Å². The first-order valence-electron chi connectivity index (χ1n) is 9.89. The summed E-state index contributed by atoms with van der Waals surface area (Å²) in [7, 11) is 0. The van der Waals surface area contributed by atoms with Crippen molar-refractivity contribution < 1.29 is 29.0 Å². The molecule has 0 radical (unpaired) electrons. The monoisotopic (exact) mass is 462 g/mol. The number of nitrogens with one attached hydrogen (secondary N) is 1. The van der Waals surface area contributed by atoms with E-state index in [2.05, 4.69) is 5.32 Å². The Hall–Kier alpha value is -4.11. The third kappa shape index (κ3) is 5.04. The predicted octanol–water partition coefficient (Wildman–Crippen LogP) is 3.98. The fourth-order valence-electron chi connectivity index (χ4n) is 3.32. The average Bonchev–Trinajstić information content (AvgIpc) is 3.06. The SMILES string of the molecule is O=C(O)COc1ccccc1/C=C1/SC(=O)N(CC(=O)Nc2cccc3ccccc23)C1=O. The summed E-state index contributed by atoms with van der Waals surface area (Å²) in [5.74, 6) is -1.98. The molecule has 1 heterocycles. The highest BCUT2D eigenvalue weighted by Crippen LogP contribution is 2.34. The largest absolute Gasteiger partial charge is 0.481 e. The molecule has 3 aromatic rings. The van der Waals surface area contributed by atoms with Crippen molar-refractivity contribution in [3.63, 3.8) is 0 Å². The highest BCUT2D eigenvalue weighted by Gasteiger charge is 2.36. The Kier molecular flexibility index (Phi) is 6.41. The maximum absolute atomic E-state index is 12.8. The van der Waals surface area contributed by atoms with Crippen LogP contribution in [0.3, 0.4) is 0 Å². The van der Waals surface area contributed by atoms with Crippen LogP contribution in [0.15, 0.2) is 71.6 Å². The van der Waals surface area contributed by atoms with Gasteiger partial charge in [-0.15, -0.1) is 0 Å². The summed E-state index contributed by atoms with van der Waals surface area (Å²) in [5.41, 5.74) is 1.04. The van der Waals surface area contributed by atoms with E-state index in [9.17, 15) is 19.2 Å². The molecule has 2 N–H and O–H groups in total. The molecule has 0 bridgehead atoms. The number of rotatable bonds is 7. The van der Waals surface area contributed by atoms with Crippen LogP contribution >= 0.6 is 11.8 Å². The Morgan fingerprint density at radius 3 is 2.55 bits per heavy atom. The Labute approximate surface area is 192 Å². The Morgan fingerprint density at radius 1 is 1.00 bits per heavy atom. The van der Waals surface area contributed by atoms with Crippen LogP contribution in [-0.2, 0) is 14.4 Å². The van der Waals surface area contributed by atoms with Crippen LogP contribution in [0.2, 0.25) is 0 Å². The molecule has 8 nitrogen and oxygen atoms in total. The van der Waals surface area contributed by atoms with E-state index in [1.165, 1.54) is 6.08 Å². The zero-order valence-electron chi connectivity index (χ0n) is 17.2. The highest BCUT2D eigenvalue weighted by atomic mass is 32.2. The molecule has 33 heavy (non-hydrogen) atoms. The van der Waals surface area contributed by atoms with Gasteiger partial charge in [0.15, 0.2) is 6.61 Å². The number of hydrogen-bond acceptors (Lipinski definition) is 6. The van der Waals surface area contributed by atoms with Crippen molar-refractivity contribution in [1.82, 2.24) is 4.90 Å². The number of carbonyl (C=O) groups is 4. The van der Waals surface area contributed by atoms with E-state index < -0.39 is 36.2 Å². The van der Waals surface area contributed by atoms with Gasteiger partial charge in [0.1, 0.15) is 12.3 Å². The molecule has 0 spiro atoms. The smallest absolute Gasteiger partial charge is 0.341 e. The molecule has 1 aliphatic heterocycles. The van der Waals surface area contributed by atoms with Gasteiger partial charge >= 0.3 is 5.97 Å². The molecule has 9 heteroatoms. The molecular weight excluding hydrogens is 444 g/mol. The minimum absolute atomic E-state index is 0.115. The number of ether oxygens (including phenoxy) is 1. The molecule has 3 aromatic carbocycles. The number of hydrogen-bond donors (Lipinski definition) is 2. The van der Waals surface area contributed by atoms with E-state index >= 15 is 0 Å². The number of amides is 3. The fourth-order valence-corrected chi connectivity index (χ4v) is 4.15. The number of benzene rings is 3. The van der Waals surface area contributed by atoms with Gasteiger partial charge in [-0.3, -0.25) is 19.3 Å². The van der Waals surface area contributed by atoms with Crippen molar-refractivity contribution in [2.24, 2.45) is 0 Å². The normalized spacial score (nSPS) is 14.7. The van der Waals surface area contributed by atoms with Gasteiger partial charge in [-0.25, -0.2) is 4.79 Å². The number of imide groups is 1. The van der Waals surface area contributed by atoms with Crippen molar-refractivity contribution in [1.29, 1.82) is 0 Å². The zero-order chi connectivity index (χ0) is 23.4. The first kappa shape index (κ1) is 22.1. The van der Waals surface area contributed by atoms with Gasteiger partial charge in [-0.1, -0.05) is 54.6 Å². The van der Waals surface area contributed by atoms with Crippen molar-refractivity contribution in [2.45, 2.75) is 0 Å². The van der Waals surface area contributed by atoms with Crippen LogP contribution in [0.5, 0.6) is 5.75 Å². The molecule has 0 saturated carbocycles. The minimum atomic E-state index is -1.14. The number of fused-ring (bicyclic) bond motifs is 1. The van der Waals surface area contributed by atoms with E-state index in [1.807, 2.05) is 36.4 Å². The number of anilines is 1. The summed E-state index contributed by atoms with van der Waals surface area (Å²) >= 11 is 0.707. The second-order valence-electron chi connectivity index (χ2n) is 7.06. The van der Waals surface area contributed by atoms with Gasteiger partial charge in [-0.05, 0) is 35.4 Å². The molecule has 0 aromatic heterocycles. The lowest BCUT2D eigenvalue weighted by atomic mass is 10.1. The molecule has 166 valence electrons. The third-order valence-corrected chi connectivity index (χ3v) is 5.70. The topological polar surface area (TPSA) is 113 Å². The van der Waals surface area contributed by atoms with Gasteiger partial charge in [-0.2, -0.15) is 0 Å². The van der Waals surface area contributed by atoms with Gasteiger partial charge in [0.05, 0.1) is 4.91 Å². The fraction of sp³-hybridized carbons (Fsp3) is 0.0833. The Morgan fingerprint density at radius 2 is 1.73 bits per heavy atom. The number of carboxylic acid groups (broad SMARTS) is 1. The lowest BCUT2D eigenvalue weighted by molar-refractivity contribution is -0.139. The van der Waals surface area contributed by atoms with Crippen LogP contribution in [0, 0.1) is 0 Å². The molecule has 0 unspecified atom stereocenters. The lowest BCUT2D eigenvalue weighted by Gasteiger charge is -2.13. The molecule has 3 amide bonds. The second-order valence-corrected chi connectivity index (χ2v) is 8.06. The van der Waals surface area contributed by atoms with Crippen molar-refractivity contribution in [3.8, 4) is 5.75 Å². The van der Waals surface area contributed by atoms with Crippen LogP contribution in [0.4, 0.5) is 10.5 Å².